The third-order valence-corrected chi connectivity index (χ3v) is 2.79. The number of rotatable bonds is 3. The summed E-state index contributed by atoms with van der Waals surface area (Å²) in [6.07, 6.45) is 0. The number of halogens is 2. The highest BCUT2D eigenvalue weighted by Gasteiger charge is 2.10. The second-order valence-corrected chi connectivity index (χ2v) is 4.25. The van der Waals surface area contributed by atoms with Crippen LogP contribution in [0.2, 0.25) is 0 Å². The first-order valence-corrected chi connectivity index (χ1v) is 5.85. The average molecular weight is 261 g/mol. The van der Waals surface area contributed by atoms with Gasteiger partial charge in [-0.3, -0.25) is 4.79 Å². The van der Waals surface area contributed by atoms with Crippen LogP contribution in [0.25, 0.3) is 0 Å². The lowest BCUT2D eigenvalue weighted by Crippen LogP contribution is -2.23. The highest BCUT2D eigenvalue weighted by molar-refractivity contribution is 5.94. The number of hydrogen-bond donors (Lipinski definition) is 1. The molecule has 1 N–H and O–H groups in total. The SMILES string of the molecule is Cc1cc(CNC(=O)c2ccccc2F)ccc1F. The summed E-state index contributed by atoms with van der Waals surface area (Å²) in [6, 6.07) is 10.4. The number of hydrogen-bond acceptors (Lipinski definition) is 1. The molecular formula is C15H13F2NO. The molecule has 0 atom stereocenters. The van der Waals surface area contributed by atoms with Gasteiger partial charge >= 0.3 is 0 Å². The van der Waals surface area contributed by atoms with Gasteiger partial charge in [0.15, 0.2) is 0 Å². The fourth-order valence-electron chi connectivity index (χ4n) is 1.74. The van der Waals surface area contributed by atoms with Crippen LogP contribution in [0.4, 0.5) is 8.78 Å². The van der Waals surface area contributed by atoms with E-state index in [-0.39, 0.29) is 17.9 Å². The predicted molar refractivity (Wildman–Crippen MR) is 68.7 cm³/mol. The largest absolute Gasteiger partial charge is 0.348 e. The van der Waals surface area contributed by atoms with E-state index in [1.807, 2.05) is 0 Å². The molecule has 2 aromatic rings. The highest BCUT2D eigenvalue weighted by atomic mass is 19.1. The molecule has 2 rings (SSSR count). The van der Waals surface area contributed by atoms with E-state index in [2.05, 4.69) is 5.32 Å². The molecule has 0 aliphatic heterocycles. The van der Waals surface area contributed by atoms with Crippen molar-refractivity contribution in [2.75, 3.05) is 0 Å². The van der Waals surface area contributed by atoms with E-state index in [1.54, 1.807) is 25.1 Å². The van der Waals surface area contributed by atoms with Crippen molar-refractivity contribution in [2.24, 2.45) is 0 Å². The summed E-state index contributed by atoms with van der Waals surface area (Å²) in [5, 5.41) is 2.60. The lowest BCUT2D eigenvalue weighted by molar-refractivity contribution is 0.0947. The van der Waals surface area contributed by atoms with Gasteiger partial charge in [-0.1, -0.05) is 24.3 Å². The molecule has 0 saturated carbocycles. The first-order chi connectivity index (χ1) is 9.08. The Morgan fingerprint density at radius 1 is 1.11 bits per heavy atom. The van der Waals surface area contributed by atoms with Crippen LogP contribution < -0.4 is 5.32 Å². The Kier molecular flexibility index (Phi) is 3.90. The molecule has 19 heavy (non-hydrogen) atoms. The number of benzene rings is 2. The molecule has 2 nitrogen and oxygen atoms in total. The third kappa shape index (κ3) is 3.16. The number of carbonyl (C=O) groups excluding carboxylic acids is 1. The van der Waals surface area contributed by atoms with Crippen molar-refractivity contribution in [3.05, 3.63) is 70.8 Å². The number of aryl methyl sites for hydroxylation is 1. The molecule has 0 radical (unpaired) electrons. The molecule has 2 aromatic carbocycles. The van der Waals surface area contributed by atoms with Crippen molar-refractivity contribution < 1.29 is 13.6 Å². The quantitative estimate of drug-likeness (QED) is 0.903. The summed E-state index contributed by atoms with van der Waals surface area (Å²) in [7, 11) is 0. The Morgan fingerprint density at radius 3 is 2.53 bits per heavy atom. The molecule has 0 spiro atoms. The summed E-state index contributed by atoms with van der Waals surface area (Å²) in [4.78, 5) is 11.8. The zero-order valence-electron chi connectivity index (χ0n) is 10.4. The van der Waals surface area contributed by atoms with Gasteiger partial charge < -0.3 is 5.32 Å². The van der Waals surface area contributed by atoms with E-state index in [9.17, 15) is 13.6 Å². The molecule has 0 fully saturated rings. The number of carbonyl (C=O) groups is 1. The fourth-order valence-corrected chi connectivity index (χ4v) is 1.74. The van der Waals surface area contributed by atoms with Crippen LogP contribution in [-0.2, 0) is 6.54 Å². The predicted octanol–water partition coefficient (Wildman–Crippen LogP) is 3.20. The average Bonchev–Trinajstić information content (AvgIpc) is 2.40. The maximum Gasteiger partial charge on any atom is 0.254 e. The van der Waals surface area contributed by atoms with Crippen LogP contribution in [0.15, 0.2) is 42.5 Å². The van der Waals surface area contributed by atoms with Crippen molar-refractivity contribution in [3.8, 4) is 0 Å². The molecule has 4 heteroatoms. The Balaban J connectivity index is 2.04. The highest BCUT2D eigenvalue weighted by Crippen LogP contribution is 2.10. The zero-order valence-corrected chi connectivity index (χ0v) is 10.4. The second kappa shape index (κ2) is 5.61. The Labute approximate surface area is 110 Å². The summed E-state index contributed by atoms with van der Waals surface area (Å²) in [6.45, 7) is 1.88. The Hall–Kier alpha value is -2.23. The molecule has 0 bridgehead atoms. The third-order valence-electron chi connectivity index (χ3n) is 2.79. The van der Waals surface area contributed by atoms with Gasteiger partial charge in [0.25, 0.3) is 5.91 Å². The smallest absolute Gasteiger partial charge is 0.254 e. The molecular weight excluding hydrogens is 248 g/mol. The minimum Gasteiger partial charge on any atom is -0.348 e. The van der Waals surface area contributed by atoms with Crippen molar-refractivity contribution >= 4 is 5.91 Å². The molecule has 0 aliphatic rings. The standard InChI is InChI=1S/C15H13F2NO/c1-10-8-11(6-7-13(10)16)9-18-15(19)12-4-2-3-5-14(12)17/h2-8H,9H2,1H3,(H,18,19). The summed E-state index contributed by atoms with van der Waals surface area (Å²) < 4.78 is 26.5. The monoisotopic (exact) mass is 261 g/mol. The van der Waals surface area contributed by atoms with Gasteiger partial charge in [-0.05, 0) is 36.2 Å². The van der Waals surface area contributed by atoms with E-state index in [0.29, 0.717) is 5.56 Å². The maximum absolute atomic E-state index is 13.4. The molecule has 0 saturated heterocycles. The van der Waals surface area contributed by atoms with E-state index in [4.69, 9.17) is 0 Å². The van der Waals surface area contributed by atoms with Gasteiger partial charge in [-0.15, -0.1) is 0 Å². The van der Waals surface area contributed by atoms with Gasteiger partial charge in [-0.2, -0.15) is 0 Å². The minimum atomic E-state index is -0.560. The lowest BCUT2D eigenvalue weighted by Gasteiger charge is -2.07. The van der Waals surface area contributed by atoms with Crippen LogP contribution in [-0.4, -0.2) is 5.91 Å². The molecule has 1 amide bonds. The number of amides is 1. The normalized spacial score (nSPS) is 10.3. The van der Waals surface area contributed by atoms with Crippen LogP contribution in [0.3, 0.4) is 0 Å². The minimum absolute atomic E-state index is 0.00123. The summed E-state index contributed by atoms with van der Waals surface area (Å²) in [5.41, 5.74) is 1.28. The van der Waals surface area contributed by atoms with Crippen molar-refractivity contribution in [3.63, 3.8) is 0 Å². The van der Waals surface area contributed by atoms with E-state index in [1.165, 1.54) is 24.3 Å². The Morgan fingerprint density at radius 2 is 1.84 bits per heavy atom. The van der Waals surface area contributed by atoms with Crippen LogP contribution >= 0.6 is 0 Å². The summed E-state index contributed by atoms with van der Waals surface area (Å²) in [5.74, 6) is -1.33. The van der Waals surface area contributed by atoms with Crippen molar-refractivity contribution in [1.29, 1.82) is 0 Å². The van der Waals surface area contributed by atoms with E-state index in [0.717, 1.165) is 5.56 Å². The van der Waals surface area contributed by atoms with Gasteiger partial charge in [-0.25, -0.2) is 8.78 Å². The Bertz CT molecular complexity index is 611. The number of nitrogens with one attached hydrogen (secondary N) is 1. The fraction of sp³-hybridized carbons (Fsp3) is 0.133. The van der Waals surface area contributed by atoms with Gasteiger partial charge in [0.1, 0.15) is 11.6 Å². The van der Waals surface area contributed by atoms with Crippen LogP contribution in [0.5, 0.6) is 0 Å². The topological polar surface area (TPSA) is 29.1 Å². The van der Waals surface area contributed by atoms with E-state index < -0.39 is 11.7 Å². The second-order valence-electron chi connectivity index (χ2n) is 4.25. The van der Waals surface area contributed by atoms with Gasteiger partial charge in [0.2, 0.25) is 0 Å². The molecule has 0 aliphatic carbocycles. The zero-order chi connectivity index (χ0) is 13.8. The lowest BCUT2D eigenvalue weighted by atomic mass is 10.1. The first kappa shape index (κ1) is 13.2. The van der Waals surface area contributed by atoms with Gasteiger partial charge in [0.05, 0.1) is 5.56 Å². The van der Waals surface area contributed by atoms with Crippen molar-refractivity contribution in [1.82, 2.24) is 5.32 Å². The molecule has 0 aromatic heterocycles. The van der Waals surface area contributed by atoms with Gasteiger partial charge in [0, 0.05) is 6.54 Å². The van der Waals surface area contributed by atoms with Crippen LogP contribution in [0, 0.1) is 18.6 Å². The molecule has 98 valence electrons. The molecule has 0 unspecified atom stereocenters. The summed E-state index contributed by atoms with van der Waals surface area (Å²) >= 11 is 0. The van der Waals surface area contributed by atoms with Crippen molar-refractivity contribution in [2.45, 2.75) is 13.5 Å². The van der Waals surface area contributed by atoms with Crippen LogP contribution in [0.1, 0.15) is 21.5 Å². The maximum atomic E-state index is 13.4. The first-order valence-electron chi connectivity index (χ1n) is 5.85. The van der Waals surface area contributed by atoms with E-state index >= 15 is 0 Å². The molecule has 0 heterocycles.